The summed E-state index contributed by atoms with van der Waals surface area (Å²) < 4.78 is 0. The van der Waals surface area contributed by atoms with Gasteiger partial charge in [0.1, 0.15) is 0 Å². The predicted octanol–water partition coefficient (Wildman–Crippen LogP) is 1.44. The second kappa shape index (κ2) is 3.33. The zero-order valence-corrected chi connectivity index (χ0v) is 10.6. The Hall–Kier alpha value is -0.830. The standard InChI is InChI=1S/C13H22N2O/c1-12(2)11(13(12,3)4)15-10(16)8-5-6-9(14)7-8/h5-6,8-9,11H,7,14H2,1-4H3,(H,15,16). The Balaban J connectivity index is 1.93. The van der Waals surface area contributed by atoms with Crippen LogP contribution in [-0.2, 0) is 4.79 Å². The molecule has 0 saturated heterocycles. The molecule has 3 nitrogen and oxygen atoms in total. The Morgan fingerprint density at radius 2 is 1.81 bits per heavy atom. The van der Waals surface area contributed by atoms with Crippen molar-refractivity contribution in [3.05, 3.63) is 12.2 Å². The Bertz CT molecular complexity index is 330. The van der Waals surface area contributed by atoms with Crippen LogP contribution in [0.1, 0.15) is 34.1 Å². The maximum absolute atomic E-state index is 12.0. The molecule has 16 heavy (non-hydrogen) atoms. The second-order valence-electron chi connectivity index (χ2n) is 6.28. The lowest BCUT2D eigenvalue weighted by molar-refractivity contribution is -0.124. The molecule has 3 N–H and O–H groups in total. The van der Waals surface area contributed by atoms with Gasteiger partial charge in [-0.15, -0.1) is 0 Å². The first-order valence-electron chi connectivity index (χ1n) is 6.01. The molecule has 0 aliphatic heterocycles. The van der Waals surface area contributed by atoms with Crippen LogP contribution in [0.15, 0.2) is 12.2 Å². The summed E-state index contributed by atoms with van der Waals surface area (Å²) in [7, 11) is 0. The molecule has 0 aromatic carbocycles. The molecule has 0 radical (unpaired) electrons. The SMILES string of the molecule is CC1(C)C(NC(=O)C2C=CC(N)C2)C1(C)C. The van der Waals surface area contributed by atoms with Gasteiger partial charge in [0.15, 0.2) is 0 Å². The van der Waals surface area contributed by atoms with Crippen LogP contribution < -0.4 is 11.1 Å². The number of rotatable bonds is 2. The molecule has 90 valence electrons. The van der Waals surface area contributed by atoms with E-state index in [-0.39, 0.29) is 34.7 Å². The van der Waals surface area contributed by atoms with Gasteiger partial charge in [0, 0.05) is 12.1 Å². The molecule has 2 aliphatic rings. The molecule has 0 heterocycles. The zero-order valence-electron chi connectivity index (χ0n) is 10.6. The summed E-state index contributed by atoms with van der Waals surface area (Å²) in [6.45, 7) is 8.81. The Labute approximate surface area is 97.5 Å². The van der Waals surface area contributed by atoms with Crippen molar-refractivity contribution in [3.8, 4) is 0 Å². The molecule has 2 atom stereocenters. The van der Waals surface area contributed by atoms with E-state index < -0.39 is 0 Å². The lowest BCUT2D eigenvalue weighted by atomic mass is 10.0. The van der Waals surface area contributed by atoms with Crippen molar-refractivity contribution < 1.29 is 4.79 Å². The van der Waals surface area contributed by atoms with E-state index in [1.807, 2.05) is 12.2 Å². The summed E-state index contributed by atoms with van der Waals surface area (Å²) in [5.41, 5.74) is 6.15. The normalized spacial score (nSPS) is 35.1. The largest absolute Gasteiger partial charge is 0.352 e. The minimum Gasteiger partial charge on any atom is -0.352 e. The van der Waals surface area contributed by atoms with Crippen LogP contribution in [0, 0.1) is 16.7 Å². The number of nitrogens with two attached hydrogens (primary N) is 1. The van der Waals surface area contributed by atoms with Crippen molar-refractivity contribution in [2.75, 3.05) is 0 Å². The highest BCUT2D eigenvalue weighted by molar-refractivity contribution is 5.82. The van der Waals surface area contributed by atoms with Crippen molar-refractivity contribution in [1.82, 2.24) is 5.32 Å². The van der Waals surface area contributed by atoms with Gasteiger partial charge in [0.05, 0.1) is 5.92 Å². The van der Waals surface area contributed by atoms with E-state index in [1.54, 1.807) is 0 Å². The fraction of sp³-hybridized carbons (Fsp3) is 0.769. The maximum Gasteiger partial charge on any atom is 0.227 e. The molecule has 2 unspecified atom stereocenters. The summed E-state index contributed by atoms with van der Waals surface area (Å²) in [6, 6.07) is 0.341. The topological polar surface area (TPSA) is 55.1 Å². The second-order valence-corrected chi connectivity index (χ2v) is 6.28. The number of carbonyl (C=O) groups is 1. The van der Waals surface area contributed by atoms with Gasteiger partial charge in [0.2, 0.25) is 5.91 Å². The zero-order chi connectivity index (χ0) is 12.1. The van der Waals surface area contributed by atoms with E-state index in [0.29, 0.717) is 0 Å². The Morgan fingerprint density at radius 3 is 2.19 bits per heavy atom. The highest BCUT2D eigenvalue weighted by Crippen LogP contribution is 2.62. The van der Waals surface area contributed by atoms with Gasteiger partial charge in [-0.25, -0.2) is 0 Å². The Morgan fingerprint density at radius 1 is 1.25 bits per heavy atom. The fourth-order valence-corrected chi connectivity index (χ4v) is 2.73. The van der Waals surface area contributed by atoms with E-state index in [1.165, 1.54) is 0 Å². The predicted molar refractivity (Wildman–Crippen MR) is 64.7 cm³/mol. The number of hydrogen-bond acceptors (Lipinski definition) is 2. The minimum absolute atomic E-state index is 0.0257. The average Bonchev–Trinajstić information content (AvgIpc) is 2.58. The fourth-order valence-electron chi connectivity index (χ4n) is 2.73. The maximum atomic E-state index is 12.0. The van der Waals surface area contributed by atoms with Crippen LogP contribution in [-0.4, -0.2) is 18.0 Å². The third-order valence-electron chi connectivity index (χ3n) is 4.76. The molecule has 0 aromatic heterocycles. The van der Waals surface area contributed by atoms with Crippen LogP contribution in [0.25, 0.3) is 0 Å². The third-order valence-corrected chi connectivity index (χ3v) is 4.76. The van der Waals surface area contributed by atoms with E-state index in [2.05, 4.69) is 33.0 Å². The van der Waals surface area contributed by atoms with Gasteiger partial charge in [-0.05, 0) is 17.3 Å². The van der Waals surface area contributed by atoms with Crippen LogP contribution in [0.2, 0.25) is 0 Å². The minimum atomic E-state index is -0.0257. The summed E-state index contributed by atoms with van der Waals surface area (Å²) in [6.07, 6.45) is 4.61. The highest BCUT2D eigenvalue weighted by atomic mass is 16.2. The first-order valence-corrected chi connectivity index (χ1v) is 6.01. The lowest BCUT2D eigenvalue weighted by Crippen LogP contribution is -2.35. The van der Waals surface area contributed by atoms with Gasteiger partial charge in [-0.3, -0.25) is 4.79 Å². The number of amides is 1. The molecular formula is C13H22N2O. The molecule has 2 rings (SSSR count). The van der Waals surface area contributed by atoms with Crippen molar-refractivity contribution in [3.63, 3.8) is 0 Å². The van der Waals surface area contributed by atoms with Crippen molar-refractivity contribution in [1.29, 1.82) is 0 Å². The highest BCUT2D eigenvalue weighted by Gasteiger charge is 2.65. The van der Waals surface area contributed by atoms with E-state index >= 15 is 0 Å². The summed E-state index contributed by atoms with van der Waals surface area (Å²) in [5.74, 6) is 0.107. The van der Waals surface area contributed by atoms with Gasteiger partial charge in [-0.2, -0.15) is 0 Å². The van der Waals surface area contributed by atoms with E-state index in [4.69, 9.17) is 5.73 Å². The third kappa shape index (κ3) is 1.58. The van der Waals surface area contributed by atoms with Gasteiger partial charge >= 0.3 is 0 Å². The van der Waals surface area contributed by atoms with Crippen LogP contribution in [0.5, 0.6) is 0 Å². The molecule has 1 amide bonds. The molecule has 1 saturated carbocycles. The lowest BCUT2D eigenvalue weighted by Gasteiger charge is -2.11. The first kappa shape index (κ1) is 11.6. The number of hydrogen-bond donors (Lipinski definition) is 2. The van der Waals surface area contributed by atoms with Crippen molar-refractivity contribution >= 4 is 5.91 Å². The molecule has 0 aromatic rings. The molecule has 0 bridgehead atoms. The smallest absolute Gasteiger partial charge is 0.227 e. The van der Waals surface area contributed by atoms with E-state index in [0.717, 1.165) is 6.42 Å². The number of nitrogens with one attached hydrogen (secondary N) is 1. The molecule has 3 heteroatoms. The van der Waals surface area contributed by atoms with E-state index in [9.17, 15) is 4.79 Å². The summed E-state index contributed by atoms with van der Waals surface area (Å²) >= 11 is 0. The van der Waals surface area contributed by atoms with Crippen molar-refractivity contribution in [2.45, 2.75) is 46.2 Å². The number of carbonyl (C=O) groups excluding carboxylic acids is 1. The molecule has 0 spiro atoms. The van der Waals surface area contributed by atoms with Gasteiger partial charge < -0.3 is 11.1 Å². The summed E-state index contributed by atoms with van der Waals surface area (Å²) in [5, 5.41) is 3.15. The monoisotopic (exact) mass is 222 g/mol. The van der Waals surface area contributed by atoms with Gasteiger partial charge in [0.25, 0.3) is 0 Å². The van der Waals surface area contributed by atoms with Crippen molar-refractivity contribution in [2.24, 2.45) is 22.5 Å². The average molecular weight is 222 g/mol. The van der Waals surface area contributed by atoms with Crippen LogP contribution in [0.3, 0.4) is 0 Å². The van der Waals surface area contributed by atoms with Crippen LogP contribution >= 0.6 is 0 Å². The summed E-state index contributed by atoms with van der Waals surface area (Å²) in [4.78, 5) is 12.0. The molecule has 1 fully saturated rings. The first-order chi connectivity index (χ1) is 7.26. The molecule has 2 aliphatic carbocycles. The molecular weight excluding hydrogens is 200 g/mol. The quantitative estimate of drug-likeness (QED) is 0.695. The van der Waals surface area contributed by atoms with Gasteiger partial charge in [-0.1, -0.05) is 39.8 Å². The van der Waals surface area contributed by atoms with Crippen LogP contribution in [0.4, 0.5) is 0 Å². The Kier molecular flexibility index (Phi) is 2.42.